The number of hydrogen-bond acceptors (Lipinski definition) is 21. The van der Waals surface area contributed by atoms with Crippen LogP contribution in [0.4, 0.5) is 0 Å². The molecule has 0 saturated carbocycles. The van der Waals surface area contributed by atoms with Gasteiger partial charge in [-0.2, -0.15) is 0 Å². The van der Waals surface area contributed by atoms with Gasteiger partial charge in [-0.05, 0) is 191 Å². The first-order valence-corrected chi connectivity index (χ1v) is 45.7. The average Bonchev–Trinajstić information content (AvgIpc) is 1.59. The first-order chi connectivity index (χ1) is 69.7. The zero-order chi connectivity index (χ0) is 103. The van der Waals surface area contributed by atoms with Gasteiger partial charge in [-0.1, -0.05) is 175 Å². The normalized spacial score (nSPS) is 11.0. The second-order valence-corrected chi connectivity index (χ2v) is 33.1. The van der Waals surface area contributed by atoms with Gasteiger partial charge >= 0.3 is 0 Å². The van der Waals surface area contributed by atoms with Crippen LogP contribution in [0.5, 0.6) is 17.2 Å². The number of nitrogens with zero attached hydrogens (tertiary/aromatic N) is 9. The maximum Gasteiger partial charge on any atom is 0.155 e. The van der Waals surface area contributed by atoms with Gasteiger partial charge in [0.1, 0.15) is 0 Å². The second kappa shape index (κ2) is 56.1. The third kappa shape index (κ3) is 28.9. The van der Waals surface area contributed by atoms with Gasteiger partial charge in [0, 0.05) is 237 Å². The molecule has 25 nitrogen and oxygen atoms in total. The van der Waals surface area contributed by atoms with Crippen molar-refractivity contribution in [2.24, 2.45) is 0 Å². The number of hydrogen-bond donors (Lipinski definition) is 9. The number of fused-ring (bicyclic) bond motifs is 12. The van der Waals surface area contributed by atoms with Gasteiger partial charge in [0.05, 0.1) is 86.3 Å². The molecule has 0 aliphatic heterocycles. The molecule has 29 heteroatoms. The molecular formula is C119H107Ir4N9O16-4. The maximum absolute atomic E-state index is 10.0. The summed E-state index contributed by atoms with van der Waals surface area (Å²) in [6.45, 7) is 11.0. The number of methoxy groups -OCH3 is 3. The van der Waals surface area contributed by atoms with E-state index in [1.807, 2.05) is 134 Å². The van der Waals surface area contributed by atoms with Gasteiger partial charge in [-0.25, -0.2) is 0 Å². The van der Waals surface area contributed by atoms with E-state index in [1.165, 1.54) is 112 Å². The van der Waals surface area contributed by atoms with Crippen LogP contribution in [0.2, 0.25) is 0 Å². The summed E-state index contributed by atoms with van der Waals surface area (Å²) in [6.07, 6.45) is 13.4. The Labute approximate surface area is 910 Å². The van der Waals surface area contributed by atoms with Gasteiger partial charge in [0.2, 0.25) is 0 Å². The largest absolute Gasteiger partial charge is 0.540 e. The Morgan fingerprint density at radius 1 is 0.277 bits per heavy atom. The predicted molar refractivity (Wildman–Crippen MR) is 567 cm³/mol. The molecule has 9 aromatic heterocycles. The molecule has 0 fully saturated rings. The smallest absolute Gasteiger partial charge is 0.155 e. The summed E-state index contributed by atoms with van der Waals surface area (Å²) in [5.41, 5.74) is 23.5. The van der Waals surface area contributed by atoms with Crippen molar-refractivity contribution >= 4 is 110 Å². The van der Waals surface area contributed by atoms with Crippen molar-refractivity contribution in [1.82, 2.24) is 43.2 Å². The van der Waals surface area contributed by atoms with E-state index in [4.69, 9.17) is 34.6 Å². The van der Waals surface area contributed by atoms with E-state index in [0.29, 0.717) is 17.2 Å². The molecule has 0 amide bonds. The van der Waals surface area contributed by atoms with Gasteiger partial charge in [0.25, 0.3) is 0 Å². The number of ketones is 4. The molecule has 9 N–H and O–H groups in total. The van der Waals surface area contributed by atoms with Gasteiger partial charge in [-0.3, -0.25) is 24.2 Å². The fraction of sp³-hybridized carbons (Fsp3) is 0.134. The molecule has 0 aliphatic rings. The molecule has 0 aliphatic carbocycles. The van der Waals surface area contributed by atoms with E-state index in [9.17, 15) is 44.7 Å². The SMILES string of the molecule is CC(=O)C=C(C)O.CC(=O)C=C(C)O.CC(=O)C=C(C)O.CC(=O)C=C(C)O.COc1c[c-]c(-c2cc(-n3c4ccccc4c4ccccc43)ccn2)c(CO)c1.COc1c[c-]c(-c2cc(CO)ccn2)c(-n2c3ccccc3c3ccccc32)c1.COc1c[c-]c(-c2cc(CO)ccn2)c(-n2c3ccccc3c3ncccc32)c1.OCc1ccnc(-c2[c-]cc(-n3c4ccccc4c4ccccc43)cc2CO)c1.[Ir].[Ir].[Ir].[Ir]. The molecule has 0 bridgehead atoms. The molecule has 4 radical (unpaired) electrons. The summed E-state index contributed by atoms with van der Waals surface area (Å²) >= 11 is 0. The summed E-state index contributed by atoms with van der Waals surface area (Å²) in [5, 5.41) is 90.1. The van der Waals surface area contributed by atoms with Crippen LogP contribution >= 0.6 is 0 Å². The number of aliphatic hydroxyl groups excluding tert-OH is 9. The molecule has 0 atom stereocenters. The van der Waals surface area contributed by atoms with Crippen LogP contribution in [-0.2, 0) is 133 Å². The van der Waals surface area contributed by atoms with Crippen LogP contribution in [0.15, 0.2) is 357 Å². The number of carbonyl (C=O) groups excluding carboxylic acids is 4. The van der Waals surface area contributed by atoms with Crippen molar-refractivity contribution < 1.29 is 160 Å². The van der Waals surface area contributed by atoms with Crippen molar-refractivity contribution in [3.8, 4) is 85.0 Å². The van der Waals surface area contributed by atoms with E-state index >= 15 is 0 Å². The fourth-order valence-corrected chi connectivity index (χ4v) is 16.6. The van der Waals surface area contributed by atoms with Gasteiger partial charge < -0.3 is 98.4 Å². The first kappa shape index (κ1) is 117. The van der Waals surface area contributed by atoms with Crippen molar-refractivity contribution in [2.75, 3.05) is 21.3 Å². The minimum absolute atomic E-state index is 0. The Balaban J connectivity index is 0.000000200. The van der Waals surface area contributed by atoms with Crippen LogP contribution < -0.4 is 14.2 Å². The van der Waals surface area contributed by atoms with Gasteiger partial charge in [0.15, 0.2) is 23.1 Å². The third-order valence-corrected chi connectivity index (χ3v) is 22.4. The van der Waals surface area contributed by atoms with Crippen LogP contribution in [0.1, 0.15) is 83.2 Å². The number of allylic oxidation sites excluding steroid dienone is 8. The summed E-state index contributed by atoms with van der Waals surface area (Å²) < 4.78 is 25.1. The zero-order valence-electron chi connectivity index (χ0n) is 82.5. The van der Waals surface area contributed by atoms with Crippen LogP contribution in [0.3, 0.4) is 0 Å². The number of para-hydroxylation sites is 7. The van der Waals surface area contributed by atoms with Gasteiger partial charge in [-0.15, -0.1) is 82.4 Å². The molecule has 9 heterocycles. The molecule has 0 spiro atoms. The molecule has 11 aromatic carbocycles. The monoisotopic (exact) mass is 2690 g/mol. The molecule has 20 rings (SSSR count). The van der Waals surface area contributed by atoms with Crippen molar-refractivity contribution in [2.45, 2.75) is 88.4 Å². The predicted octanol–water partition coefficient (Wildman–Crippen LogP) is 23.6. The van der Waals surface area contributed by atoms with E-state index in [2.05, 4.69) is 195 Å². The zero-order valence-corrected chi connectivity index (χ0v) is 92.1. The summed E-state index contributed by atoms with van der Waals surface area (Å²) in [5.74, 6) is 1.84. The molecule has 764 valence electrons. The summed E-state index contributed by atoms with van der Waals surface area (Å²) in [4.78, 5) is 62.7. The number of aromatic nitrogens is 9. The first-order valence-electron chi connectivity index (χ1n) is 45.7. The minimum Gasteiger partial charge on any atom is -0.540 e. The summed E-state index contributed by atoms with van der Waals surface area (Å²) in [6, 6.07) is 106. The third-order valence-electron chi connectivity index (χ3n) is 22.4. The Kier molecular flexibility index (Phi) is 44.2. The van der Waals surface area contributed by atoms with E-state index in [0.717, 1.165) is 151 Å². The van der Waals surface area contributed by atoms with Crippen molar-refractivity contribution in [3.05, 3.63) is 409 Å². The topological polar surface area (TPSA) is 362 Å². The van der Waals surface area contributed by atoms with E-state index in [1.54, 1.807) is 70.4 Å². The number of aliphatic hydroxyl groups is 9. The molecule has 0 saturated heterocycles. The number of rotatable bonds is 20. The van der Waals surface area contributed by atoms with E-state index < -0.39 is 0 Å². The second-order valence-electron chi connectivity index (χ2n) is 33.1. The van der Waals surface area contributed by atoms with Crippen molar-refractivity contribution in [3.63, 3.8) is 0 Å². The van der Waals surface area contributed by atoms with Crippen LogP contribution in [-0.4, -0.2) is 134 Å². The number of ether oxygens (including phenoxy) is 3. The maximum atomic E-state index is 10.0. The Bertz CT molecular complexity index is 7640. The standard InChI is InChI=1S/3C25H19N2O2.C24H18N3O2.4C5H8O2.4Ir/c1-29-19-10-11-20(17(14-19)16-28)23-15-18(12-13-26-23)27-24-8-4-2-6-21(24)22-7-3-5-9-25(22)27;1-29-18-10-11-21(22-14-17(16-28)12-13-26-22)25(15-18)27-23-8-4-2-6-19(23)20-7-3-5-9-24(20)27;28-15-17-11-12-26-23(13-17)20-10-9-19(14-18(20)16-29)27-24-7-3-1-5-21(24)22-6-2-4-8-25(22)27;1-29-17-8-9-18(20-13-16(15-28)10-12-25-20)23(14-17)27-21-6-3-2-5-19(21)24-22(27)7-4-11-26-24;4*1-4(6)3-5(2)7;;;;/h2*2-10,12-15,28H,16H2,1H3;1-9,11-14,28-29H,15-16H2;2-8,10-14,28H,15H2,1H3;4*3,6H,1-2H3;;;;/q4*-1;;;;;;;;. The quantitative estimate of drug-likeness (QED) is 0.0194. The summed E-state index contributed by atoms with van der Waals surface area (Å²) in [7, 11) is 4.90. The molecular weight excluding hydrogens is 2580 g/mol. The molecule has 148 heavy (non-hydrogen) atoms. The Morgan fingerprint density at radius 2 is 0.547 bits per heavy atom. The Morgan fingerprint density at radius 3 is 0.872 bits per heavy atom. The van der Waals surface area contributed by atoms with Crippen molar-refractivity contribution in [1.29, 1.82) is 0 Å². The van der Waals surface area contributed by atoms with Crippen LogP contribution in [0, 0.1) is 24.3 Å². The number of pyridine rings is 5. The Hall–Kier alpha value is -15.0. The molecule has 20 aromatic rings. The number of carbonyl (C=O) groups is 4. The van der Waals surface area contributed by atoms with Crippen LogP contribution in [0.25, 0.3) is 155 Å². The average molecular weight is 2690 g/mol. The van der Waals surface area contributed by atoms with E-state index in [-0.39, 0.29) is 160 Å². The number of benzene rings is 11. The fourth-order valence-electron chi connectivity index (χ4n) is 16.6. The minimum atomic E-state index is -0.125. The molecule has 0 unspecified atom stereocenters.